The molecule has 4 heterocycles. The van der Waals surface area contributed by atoms with Gasteiger partial charge < -0.3 is 9.32 Å². The number of halogens is 2. The summed E-state index contributed by atoms with van der Waals surface area (Å²) in [6.45, 7) is 0.117. The van der Waals surface area contributed by atoms with Gasteiger partial charge in [0.15, 0.2) is 15.3 Å². The highest BCUT2D eigenvalue weighted by Gasteiger charge is 2.66. The number of hydrogen-bond donors (Lipinski definition) is 0. The van der Waals surface area contributed by atoms with Crippen molar-refractivity contribution in [3.8, 4) is 0 Å². The van der Waals surface area contributed by atoms with Gasteiger partial charge in [-0.2, -0.15) is 0 Å². The van der Waals surface area contributed by atoms with Gasteiger partial charge in [-0.3, -0.25) is 19.3 Å². The molecule has 0 aliphatic carbocycles. The topological polar surface area (TPSA) is 96.6 Å². The Kier molecular flexibility index (Phi) is 6.99. The first-order valence-corrected chi connectivity index (χ1v) is 16.7. The van der Waals surface area contributed by atoms with Gasteiger partial charge in [0.25, 0.3) is 11.8 Å². The molecule has 2 aliphatic heterocycles. The van der Waals surface area contributed by atoms with Gasteiger partial charge in [0.2, 0.25) is 10.9 Å². The molecule has 0 bridgehead atoms. The molecule has 2 aliphatic rings. The maximum Gasteiger partial charge on any atom is 0.297 e. The fourth-order valence-corrected chi connectivity index (χ4v) is 8.31. The lowest BCUT2D eigenvalue weighted by Crippen LogP contribution is -2.53. The number of para-hydroxylation sites is 2. The van der Waals surface area contributed by atoms with Crippen LogP contribution in [0.2, 0.25) is 10.0 Å². The largest absolute Gasteiger partial charge is 0.450 e. The third kappa shape index (κ3) is 4.32. The fraction of sp³-hybridized carbons (Fsp3) is 0.0882. The van der Waals surface area contributed by atoms with Crippen molar-refractivity contribution < 1.29 is 14.0 Å². The smallest absolute Gasteiger partial charge is 0.297 e. The van der Waals surface area contributed by atoms with Crippen LogP contribution < -0.4 is 15.2 Å². The molecule has 1 spiro atoms. The van der Waals surface area contributed by atoms with Gasteiger partial charge in [-0.05, 0) is 47.5 Å². The lowest BCUT2D eigenvalue weighted by Gasteiger charge is -2.32. The first-order chi connectivity index (χ1) is 22.4. The molecule has 6 aromatic rings. The van der Waals surface area contributed by atoms with Crippen LogP contribution in [0.5, 0.6) is 0 Å². The fourth-order valence-electron chi connectivity index (χ4n) is 6.14. The van der Waals surface area contributed by atoms with E-state index in [0.29, 0.717) is 37.0 Å². The molecule has 12 heteroatoms. The molecule has 8 rings (SSSR count). The van der Waals surface area contributed by atoms with Gasteiger partial charge in [0, 0.05) is 21.4 Å². The zero-order chi connectivity index (χ0) is 31.6. The van der Waals surface area contributed by atoms with Crippen LogP contribution >= 0.6 is 46.3 Å². The number of thioether (sulfide) groups is 1. The second-order valence-electron chi connectivity index (χ2n) is 10.7. The van der Waals surface area contributed by atoms with E-state index in [1.54, 1.807) is 53.4 Å². The Morgan fingerprint density at radius 3 is 2.41 bits per heavy atom. The van der Waals surface area contributed by atoms with Crippen molar-refractivity contribution in [2.24, 2.45) is 0 Å². The average Bonchev–Trinajstić information content (AvgIpc) is 3.71. The molecule has 46 heavy (non-hydrogen) atoms. The summed E-state index contributed by atoms with van der Waals surface area (Å²) in [5, 5.41) is 10.3. The van der Waals surface area contributed by atoms with Gasteiger partial charge in [0.1, 0.15) is 5.58 Å². The Morgan fingerprint density at radius 1 is 0.848 bits per heavy atom. The van der Waals surface area contributed by atoms with E-state index in [0.717, 1.165) is 5.56 Å². The highest BCUT2D eigenvalue weighted by Crippen LogP contribution is 2.55. The van der Waals surface area contributed by atoms with Gasteiger partial charge >= 0.3 is 0 Å². The summed E-state index contributed by atoms with van der Waals surface area (Å²) in [5.74, 6) is -0.749. The highest BCUT2D eigenvalue weighted by molar-refractivity contribution is 8.00. The van der Waals surface area contributed by atoms with Crippen molar-refractivity contribution in [2.75, 3.05) is 9.80 Å². The van der Waals surface area contributed by atoms with Crippen molar-refractivity contribution in [3.63, 3.8) is 0 Å². The minimum Gasteiger partial charge on any atom is -0.450 e. The van der Waals surface area contributed by atoms with Crippen molar-refractivity contribution in [1.29, 1.82) is 0 Å². The van der Waals surface area contributed by atoms with Crippen molar-refractivity contribution in [3.05, 3.63) is 145 Å². The molecule has 1 unspecified atom stereocenters. The predicted molar refractivity (Wildman–Crippen MR) is 180 cm³/mol. The van der Waals surface area contributed by atoms with Gasteiger partial charge in [-0.25, -0.2) is 0 Å². The van der Waals surface area contributed by atoms with E-state index in [4.69, 9.17) is 27.6 Å². The number of benzene rings is 4. The Hall–Kier alpha value is -4.48. The standard InChI is InChI=1S/C34H20Cl2N4O4S2/c35-21-15-13-19(14-16-21)18-45-33-38-37-32(46-33)40-30(42)29-27(28(41)22-8-2-6-12-26(22)44-29)34(40)23-9-3-5-11-25(23)39(31(34)43)17-20-7-1-4-10-24(20)36/h1-16H,17-18H2. The van der Waals surface area contributed by atoms with E-state index in [1.165, 1.54) is 28.0 Å². The summed E-state index contributed by atoms with van der Waals surface area (Å²) in [6, 6.07) is 28.6. The Morgan fingerprint density at radius 2 is 1.59 bits per heavy atom. The molecule has 0 N–H and O–H groups in total. The van der Waals surface area contributed by atoms with Crippen LogP contribution in [0, 0.1) is 0 Å². The van der Waals surface area contributed by atoms with Crippen LogP contribution in [-0.4, -0.2) is 22.0 Å². The lowest BCUT2D eigenvalue weighted by molar-refractivity contribution is -0.121. The first-order valence-electron chi connectivity index (χ1n) is 14.1. The minimum atomic E-state index is -1.88. The SMILES string of the molecule is O=C1c2oc3ccccc3c(=O)c2C2(C(=O)N(Cc3ccccc3Cl)c3ccccc32)N1c1nnc(SCc2ccc(Cl)cc2)s1. The Bertz CT molecular complexity index is 2270. The van der Waals surface area contributed by atoms with E-state index in [9.17, 15) is 9.59 Å². The average molecular weight is 684 g/mol. The molecular weight excluding hydrogens is 663 g/mol. The van der Waals surface area contributed by atoms with Crippen molar-refractivity contribution >= 4 is 79.9 Å². The molecular formula is C34H20Cl2N4O4S2. The molecule has 2 amide bonds. The number of aromatic nitrogens is 2. The summed E-state index contributed by atoms with van der Waals surface area (Å²) in [6.07, 6.45) is 0. The van der Waals surface area contributed by atoms with E-state index in [2.05, 4.69) is 10.2 Å². The summed E-state index contributed by atoms with van der Waals surface area (Å²) in [7, 11) is 0. The number of fused-ring (bicyclic) bond motifs is 5. The monoisotopic (exact) mass is 682 g/mol. The molecule has 0 fully saturated rings. The molecule has 226 valence electrons. The van der Waals surface area contributed by atoms with Gasteiger partial charge in [-0.1, -0.05) is 107 Å². The highest BCUT2D eigenvalue weighted by atomic mass is 35.5. The summed E-state index contributed by atoms with van der Waals surface area (Å²) < 4.78 is 6.73. The van der Waals surface area contributed by atoms with Crippen LogP contribution in [0.4, 0.5) is 10.8 Å². The zero-order valence-corrected chi connectivity index (χ0v) is 26.8. The van der Waals surface area contributed by atoms with Crippen LogP contribution in [0.15, 0.2) is 111 Å². The normalized spacial score (nSPS) is 16.9. The zero-order valence-electron chi connectivity index (χ0n) is 23.6. The predicted octanol–water partition coefficient (Wildman–Crippen LogP) is 7.69. The lowest BCUT2D eigenvalue weighted by atomic mass is 9.84. The molecule has 1 atom stereocenters. The second-order valence-corrected chi connectivity index (χ2v) is 13.8. The van der Waals surface area contributed by atoms with Crippen LogP contribution in [0.3, 0.4) is 0 Å². The molecule has 8 nitrogen and oxygen atoms in total. The molecule has 2 aromatic heterocycles. The first kappa shape index (κ1) is 29.0. The number of carbonyl (C=O) groups is 2. The van der Waals surface area contributed by atoms with Crippen molar-refractivity contribution in [1.82, 2.24) is 10.2 Å². The summed E-state index contributed by atoms with van der Waals surface area (Å²) in [5.41, 5.74) is 0.622. The van der Waals surface area contributed by atoms with Crippen molar-refractivity contribution in [2.45, 2.75) is 22.2 Å². The maximum absolute atomic E-state index is 15.1. The number of carbonyl (C=O) groups excluding carboxylic acids is 2. The summed E-state index contributed by atoms with van der Waals surface area (Å²) in [4.78, 5) is 46.8. The number of nitrogens with zero attached hydrogens (tertiary/aromatic N) is 4. The number of rotatable bonds is 6. The number of hydrogen-bond acceptors (Lipinski definition) is 8. The molecule has 4 aromatic carbocycles. The Labute approximate surface area is 280 Å². The quantitative estimate of drug-likeness (QED) is 0.131. The second kappa shape index (κ2) is 11.1. The third-order valence-corrected chi connectivity index (χ3v) is 10.9. The summed E-state index contributed by atoms with van der Waals surface area (Å²) >= 11 is 15.2. The maximum atomic E-state index is 15.1. The van der Waals surface area contributed by atoms with Gasteiger partial charge in [-0.15, -0.1) is 10.2 Å². The number of anilines is 2. The van der Waals surface area contributed by atoms with E-state index >= 15 is 4.79 Å². The van der Waals surface area contributed by atoms with Crippen LogP contribution in [0.1, 0.15) is 32.8 Å². The van der Waals surface area contributed by atoms with Gasteiger partial charge in [0.05, 0.1) is 23.2 Å². The molecule has 0 saturated carbocycles. The molecule has 0 radical (unpaired) electrons. The van der Waals surface area contributed by atoms with Crippen LogP contribution in [0.25, 0.3) is 11.0 Å². The minimum absolute atomic E-state index is 0.0409. The van der Waals surface area contributed by atoms with Crippen LogP contribution in [-0.2, 0) is 22.6 Å². The Balaban J connectivity index is 1.31. The molecule has 0 saturated heterocycles. The van der Waals surface area contributed by atoms with E-state index in [1.807, 2.05) is 48.5 Å². The number of amides is 2. The third-order valence-electron chi connectivity index (χ3n) is 8.18. The van der Waals surface area contributed by atoms with E-state index < -0.39 is 22.8 Å². The van der Waals surface area contributed by atoms with E-state index in [-0.39, 0.29) is 34.0 Å².